The molecule has 0 unspecified atom stereocenters. The molecular formula is C23H24F3N3O2. The zero-order chi connectivity index (χ0) is 22.0. The van der Waals surface area contributed by atoms with Crippen LogP contribution in [0.25, 0.3) is 10.9 Å². The Hall–Kier alpha value is -3.00. The molecule has 1 N–H and O–H groups in total. The Labute approximate surface area is 178 Å². The maximum atomic E-state index is 14.5. The Morgan fingerprint density at radius 3 is 2.68 bits per heavy atom. The van der Waals surface area contributed by atoms with Gasteiger partial charge in [-0.15, -0.1) is 0 Å². The second kappa shape index (κ2) is 9.01. The summed E-state index contributed by atoms with van der Waals surface area (Å²) in [6, 6.07) is 9.81. The number of nitrogens with one attached hydrogen (secondary N) is 1. The lowest BCUT2D eigenvalue weighted by molar-refractivity contribution is 0.122. The summed E-state index contributed by atoms with van der Waals surface area (Å²) in [5.74, 6) is -0.162. The lowest BCUT2D eigenvalue weighted by Gasteiger charge is -2.30. The van der Waals surface area contributed by atoms with Crippen molar-refractivity contribution in [1.82, 2.24) is 4.98 Å². The van der Waals surface area contributed by atoms with Gasteiger partial charge in [-0.2, -0.15) is 0 Å². The van der Waals surface area contributed by atoms with E-state index in [2.05, 4.69) is 15.2 Å². The minimum atomic E-state index is -2.85. The van der Waals surface area contributed by atoms with E-state index in [1.165, 1.54) is 12.1 Å². The van der Waals surface area contributed by atoms with Gasteiger partial charge in [-0.05, 0) is 19.1 Å². The number of benzene rings is 2. The Morgan fingerprint density at radius 2 is 1.97 bits per heavy atom. The maximum absolute atomic E-state index is 14.5. The first-order valence-electron chi connectivity index (χ1n) is 10.1. The average molecular weight is 431 g/mol. The minimum Gasteiger partial charge on any atom is -0.495 e. The molecule has 1 aliphatic heterocycles. The molecule has 4 rings (SSSR count). The van der Waals surface area contributed by atoms with Crippen LogP contribution in [0.1, 0.15) is 23.2 Å². The van der Waals surface area contributed by atoms with E-state index in [4.69, 9.17) is 9.47 Å². The number of alkyl halides is 2. The Bertz CT molecular complexity index is 1090. The normalized spacial score (nSPS) is 14.3. The van der Waals surface area contributed by atoms with Crippen LogP contribution in [0.5, 0.6) is 5.75 Å². The van der Waals surface area contributed by atoms with Crippen LogP contribution in [0.15, 0.2) is 36.4 Å². The molecule has 0 spiro atoms. The Morgan fingerprint density at radius 1 is 1.19 bits per heavy atom. The van der Waals surface area contributed by atoms with E-state index in [0.29, 0.717) is 19.0 Å². The van der Waals surface area contributed by atoms with Gasteiger partial charge < -0.3 is 19.7 Å². The van der Waals surface area contributed by atoms with Gasteiger partial charge in [-0.3, -0.25) is 4.98 Å². The van der Waals surface area contributed by atoms with Crippen molar-refractivity contribution in [3.63, 3.8) is 0 Å². The molecule has 164 valence electrons. The highest BCUT2D eigenvalue weighted by Gasteiger charge is 2.19. The smallest absolute Gasteiger partial charge is 0.266 e. The number of aromatic nitrogens is 1. The van der Waals surface area contributed by atoms with Crippen molar-refractivity contribution >= 4 is 22.3 Å². The number of fused-ring (bicyclic) bond motifs is 1. The largest absolute Gasteiger partial charge is 0.495 e. The van der Waals surface area contributed by atoms with E-state index in [0.717, 1.165) is 47.1 Å². The predicted molar refractivity (Wildman–Crippen MR) is 115 cm³/mol. The fourth-order valence-corrected chi connectivity index (χ4v) is 3.83. The van der Waals surface area contributed by atoms with Gasteiger partial charge in [-0.25, -0.2) is 13.2 Å². The van der Waals surface area contributed by atoms with Crippen molar-refractivity contribution in [3.05, 3.63) is 59.0 Å². The molecule has 0 radical (unpaired) electrons. The molecule has 0 saturated carbocycles. The molecule has 0 bridgehead atoms. The minimum absolute atomic E-state index is 0.0733. The standard InChI is InChI=1S/C23H24F3N3O2/c1-14-10-18(27-13-15-4-3-5-16(22(15)24)23(25)26)17-11-20(29-6-8-31-9-7-29)21(30-2)12-19(17)28-14/h3-5,10-12,23H,6-9,13H2,1-2H3,(H,27,28). The first-order valence-corrected chi connectivity index (χ1v) is 10.1. The maximum Gasteiger partial charge on any atom is 0.266 e. The summed E-state index contributed by atoms with van der Waals surface area (Å²) in [6.45, 7) is 4.70. The topological polar surface area (TPSA) is 46.6 Å². The SMILES string of the molecule is COc1cc2nc(C)cc(NCc3cccc(C(F)F)c3F)c2cc1N1CCOCC1. The predicted octanol–water partition coefficient (Wildman–Crippen LogP) is 5.08. The molecule has 3 aromatic rings. The van der Waals surface area contributed by atoms with Crippen molar-refractivity contribution in [1.29, 1.82) is 0 Å². The Balaban J connectivity index is 1.71. The molecule has 1 fully saturated rings. The van der Waals surface area contributed by atoms with E-state index in [1.807, 2.05) is 25.1 Å². The van der Waals surface area contributed by atoms with Gasteiger partial charge in [0.05, 0.1) is 37.1 Å². The first-order chi connectivity index (χ1) is 15.0. The van der Waals surface area contributed by atoms with E-state index in [-0.39, 0.29) is 12.1 Å². The monoisotopic (exact) mass is 431 g/mol. The number of ether oxygens (including phenoxy) is 2. The zero-order valence-corrected chi connectivity index (χ0v) is 17.4. The van der Waals surface area contributed by atoms with Gasteiger partial charge in [0.2, 0.25) is 0 Å². The van der Waals surface area contributed by atoms with Crippen LogP contribution >= 0.6 is 0 Å². The van der Waals surface area contributed by atoms with Crippen LogP contribution in [0.4, 0.5) is 24.5 Å². The third-order valence-corrected chi connectivity index (χ3v) is 5.40. The summed E-state index contributed by atoms with van der Waals surface area (Å²) in [5.41, 5.74) is 2.78. The van der Waals surface area contributed by atoms with Crippen molar-refractivity contribution in [2.45, 2.75) is 19.9 Å². The number of morpholine rings is 1. The van der Waals surface area contributed by atoms with Crippen molar-refractivity contribution < 1.29 is 22.6 Å². The van der Waals surface area contributed by atoms with E-state index in [9.17, 15) is 13.2 Å². The number of anilines is 2. The fourth-order valence-electron chi connectivity index (χ4n) is 3.83. The fraction of sp³-hybridized carbons (Fsp3) is 0.348. The molecule has 1 saturated heterocycles. The van der Waals surface area contributed by atoms with Gasteiger partial charge in [0, 0.05) is 48.0 Å². The van der Waals surface area contributed by atoms with Crippen LogP contribution in [-0.2, 0) is 11.3 Å². The first kappa shape index (κ1) is 21.2. The molecule has 1 aliphatic rings. The highest BCUT2D eigenvalue weighted by molar-refractivity contribution is 5.96. The van der Waals surface area contributed by atoms with Gasteiger partial charge >= 0.3 is 0 Å². The summed E-state index contributed by atoms with van der Waals surface area (Å²) in [7, 11) is 1.62. The summed E-state index contributed by atoms with van der Waals surface area (Å²) in [5, 5.41) is 4.06. The molecule has 1 aromatic heterocycles. The number of rotatable bonds is 6. The number of nitrogens with zero attached hydrogens (tertiary/aromatic N) is 2. The van der Waals surface area contributed by atoms with Crippen molar-refractivity contribution in [3.8, 4) is 5.75 Å². The highest BCUT2D eigenvalue weighted by atomic mass is 19.3. The highest BCUT2D eigenvalue weighted by Crippen LogP contribution is 2.36. The zero-order valence-electron chi connectivity index (χ0n) is 17.4. The quantitative estimate of drug-likeness (QED) is 0.590. The molecular weight excluding hydrogens is 407 g/mol. The summed E-state index contributed by atoms with van der Waals surface area (Å²) in [6.07, 6.45) is -2.85. The average Bonchev–Trinajstić information content (AvgIpc) is 2.77. The molecule has 0 amide bonds. The number of hydrogen-bond donors (Lipinski definition) is 1. The van der Waals surface area contributed by atoms with E-state index in [1.54, 1.807) is 7.11 Å². The van der Waals surface area contributed by atoms with Gasteiger partial charge in [-0.1, -0.05) is 18.2 Å². The lowest BCUT2D eigenvalue weighted by atomic mass is 10.1. The lowest BCUT2D eigenvalue weighted by Crippen LogP contribution is -2.36. The number of methoxy groups -OCH3 is 1. The van der Waals surface area contributed by atoms with Gasteiger partial charge in [0.25, 0.3) is 6.43 Å². The molecule has 0 atom stereocenters. The summed E-state index contributed by atoms with van der Waals surface area (Å²) in [4.78, 5) is 6.80. The number of aryl methyl sites for hydroxylation is 1. The van der Waals surface area contributed by atoms with Crippen LogP contribution < -0.4 is 15.0 Å². The molecule has 0 aliphatic carbocycles. The molecule has 2 aromatic carbocycles. The molecule has 31 heavy (non-hydrogen) atoms. The van der Waals surface area contributed by atoms with Gasteiger partial charge in [0.1, 0.15) is 11.6 Å². The summed E-state index contributed by atoms with van der Waals surface area (Å²) < 4.78 is 51.6. The third kappa shape index (κ3) is 4.39. The summed E-state index contributed by atoms with van der Waals surface area (Å²) >= 11 is 0. The van der Waals surface area contributed by atoms with Crippen LogP contribution in [0.3, 0.4) is 0 Å². The van der Waals surface area contributed by atoms with Crippen molar-refractivity contribution in [2.75, 3.05) is 43.6 Å². The third-order valence-electron chi connectivity index (χ3n) is 5.40. The number of pyridine rings is 1. The second-order valence-corrected chi connectivity index (χ2v) is 7.43. The number of halogens is 3. The second-order valence-electron chi connectivity index (χ2n) is 7.43. The molecule has 8 heteroatoms. The Kier molecular flexibility index (Phi) is 6.18. The van der Waals surface area contributed by atoms with Gasteiger partial charge in [0.15, 0.2) is 0 Å². The molecule has 5 nitrogen and oxygen atoms in total. The van der Waals surface area contributed by atoms with E-state index >= 15 is 0 Å². The number of hydrogen-bond acceptors (Lipinski definition) is 5. The molecule has 2 heterocycles. The van der Waals surface area contributed by atoms with Crippen LogP contribution in [0, 0.1) is 12.7 Å². The van der Waals surface area contributed by atoms with Crippen molar-refractivity contribution in [2.24, 2.45) is 0 Å². The van der Waals surface area contributed by atoms with Crippen LogP contribution in [0.2, 0.25) is 0 Å². The van der Waals surface area contributed by atoms with Crippen LogP contribution in [-0.4, -0.2) is 38.4 Å². The van der Waals surface area contributed by atoms with E-state index < -0.39 is 17.8 Å².